The van der Waals surface area contributed by atoms with Crippen molar-refractivity contribution < 1.29 is 40.1 Å². The monoisotopic (exact) mass is 428 g/mol. The van der Waals surface area contributed by atoms with E-state index in [9.17, 15) is 26.4 Å². The Kier molecular flexibility index (Phi) is 4.80. The summed E-state index contributed by atoms with van der Waals surface area (Å²) in [5.41, 5.74) is -4.96. The van der Waals surface area contributed by atoms with Crippen LogP contribution < -0.4 is 9.08 Å². The molecule has 0 unspecified atom stereocenters. The van der Waals surface area contributed by atoms with Crippen LogP contribution in [0.1, 0.15) is 0 Å². The number of nitrogens with zero attached hydrogens (tertiary/aromatic N) is 2. The lowest BCUT2D eigenvalue weighted by atomic mass is 10.2. The standard InChI is InChI=1S/C14H12ClF3N2O6S/c15-9-5-8-10(19-1-3-20(4-2-19)13(21)22)7-25-11(8)6-12(9)26-27(23,24)14(16,17)18/h5-7H,1-4H2,(H,21,22). The first-order chi connectivity index (χ1) is 12.5. The van der Waals surface area contributed by atoms with E-state index in [1.807, 2.05) is 4.90 Å². The molecule has 1 aromatic carbocycles. The van der Waals surface area contributed by atoms with E-state index in [0.29, 0.717) is 24.2 Å². The van der Waals surface area contributed by atoms with Gasteiger partial charge in [0.1, 0.15) is 11.8 Å². The van der Waals surface area contributed by atoms with Crippen molar-refractivity contribution in [2.75, 3.05) is 31.1 Å². The number of carboxylic acid groups (broad SMARTS) is 1. The number of fused-ring (bicyclic) bond motifs is 1. The number of hydrogen-bond acceptors (Lipinski definition) is 6. The summed E-state index contributed by atoms with van der Waals surface area (Å²) in [5, 5.41) is 9.06. The summed E-state index contributed by atoms with van der Waals surface area (Å²) in [7, 11) is -5.87. The van der Waals surface area contributed by atoms with E-state index < -0.39 is 27.5 Å². The van der Waals surface area contributed by atoms with Crippen LogP contribution in [0.25, 0.3) is 11.0 Å². The van der Waals surface area contributed by atoms with Gasteiger partial charge in [-0.05, 0) is 6.07 Å². The Morgan fingerprint density at radius 2 is 1.85 bits per heavy atom. The Balaban J connectivity index is 1.88. The van der Waals surface area contributed by atoms with Gasteiger partial charge in [0, 0.05) is 37.6 Å². The van der Waals surface area contributed by atoms with Gasteiger partial charge in [-0.3, -0.25) is 0 Å². The van der Waals surface area contributed by atoms with Gasteiger partial charge in [-0.15, -0.1) is 0 Å². The van der Waals surface area contributed by atoms with Crippen molar-refractivity contribution in [2.45, 2.75) is 5.51 Å². The van der Waals surface area contributed by atoms with Crippen LogP contribution in [0.3, 0.4) is 0 Å². The fraction of sp³-hybridized carbons (Fsp3) is 0.357. The average Bonchev–Trinajstić information content (AvgIpc) is 2.96. The molecule has 27 heavy (non-hydrogen) atoms. The smallest absolute Gasteiger partial charge is 0.465 e. The minimum Gasteiger partial charge on any atom is -0.465 e. The zero-order valence-electron chi connectivity index (χ0n) is 13.4. The molecule has 1 aliphatic rings. The second-order valence-corrected chi connectivity index (χ2v) is 7.58. The van der Waals surface area contributed by atoms with Gasteiger partial charge in [0.25, 0.3) is 0 Å². The molecule has 1 aromatic heterocycles. The van der Waals surface area contributed by atoms with Gasteiger partial charge in [0.15, 0.2) is 5.75 Å². The largest absolute Gasteiger partial charge is 0.534 e. The predicted molar refractivity (Wildman–Crippen MR) is 88.6 cm³/mol. The maximum Gasteiger partial charge on any atom is 0.534 e. The SMILES string of the molecule is O=C(O)N1CCN(c2coc3cc(OS(=O)(=O)C(F)(F)F)c(Cl)cc23)CC1. The average molecular weight is 429 g/mol. The predicted octanol–water partition coefficient (Wildman–Crippen LogP) is 3.11. The van der Waals surface area contributed by atoms with Crippen molar-refractivity contribution in [3.05, 3.63) is 23.4 Å². The second kappa shape index (κ2) is 6.68. The third kappa shape index (κ3) is 3.72. The molecule has 8 nitrogen and oxygen atoms in total. The third-order valence-electron chi connectivity index (χ3n) is 3.98. The number of halogens is 4. The Hall–Kier alpha value is -2.34. The number of hydrogen-bond donors (Lipinski definition) is 1. The summed E-state index contributed by atoms with van der Waals surface area (Å²) >= 11 is 5.89. The van der Waals surface area contributed by atoms with E-state index in [-0.39, 0.29) is 23.7 Å². The first-order valence-electron chi connectivity index (χ1n) is 7.44. The van der Waals surface area contributed by atoms with E-state index in [1.54, 1.807) is 0 Å². The maximum absolute atomic E-state index is 12.5. The molecule has 0 spiro atoms. The third-order valence-corrected chi connectivity index (χ3v) is 5.24. The number of furan rings is 1. The van der Waals surface area contributed by atoms with Crippen molar-refractivity contribution in [3.63, 3.8) is 0 Å². The number of alkyl halides is 3. The molecule has 2 aromatic rings. The normalized spacial score (nSPS) is 16.0. The molecule has 0 radical (unpaired) electrons. The van der Waals surface area contributed by atoms with Crippen LogP contribution in [0.2, 0.25) is 5.02 Å². The van der Waals surface area contributed by atoms with Crippen molar-refractivity contribution >= 4 is 44.5 Å². The molecule has 2 heterocycles. The fourth-order valence-electron chi connectivity index (χ4n) is 2.63. The van der Waals surface area contributed by atoms with Crippen LogP contribution in [-0.4, -0.2) is 56.2 Å². The van der Waals surface area contributed by atoms with E-state index in [1.165, 1.54) is 17.2 Å². The van der Waals surface area contributed by atoms with Gasteiger partial charge >= 0.3 is 21.7 Å². The van der Waals surface area contributed by atoms with Crippen LogP contribution in [-0.2, 0) is 10.1 Å². The van der Waals surface area contributed by atoms with Crippen LogP contribution >= 0.6 is 11.6 Å². The number of amides is 1. The molecule has 0 aliphatic carbocycles. The topological polar surface area (TPSA) is 100 Å². The van der Waals surface area contributed by atoms with Gasteiger partial charge in [-0.25, -0.2) is 4.79 Å². The highest BCUT2D eigenvalue weighted by atomic mass is 35.5. The zero-order chi connectivity index (χ0) is 20.0. The highest BCUT2D eigenvalue weighted by Crippen LogP contribution is 2.38. The Bertz CT molecular complexity index is 983. The van der Waals surface area contributed by atoms with Crippen molar-refractivity contribution in [1.29, 1.82) is 0 Å². The molecule has 0 bridgehead atoms. The summed E-state index contributed by atoms with van der Waals surface area (Å²) in [4.78, 5) is 14.0. The quantitative estimate of drug-likeness (QED) is 0.592. The molecule has 0 atom stereocenters. The summed E-state index contributed by atoms with van der Waals surface area (Å²) < 4.78 is 69.1. The van der Waals surface area contributed by atoms with Gasteiger partial charge in [-0.2, -0.15) is 21.6 Å². The van der Waals surface area contributed by atoms with E-state index >= 15 is 0 Å². The van der Waals surface area contributed by atoms with Crippen molar-refractivity contribution in [2.24, 2.45) is 0 Å². The molecule has 1 N–H and O–H groups in total. The lowest BCUT2D eigenvalue weighted by Crippen LogP contribution is -2.48. The lowest BCUT2D eigenvalue weighted by molar-refractivity contribution is -0.0500. The molecule has 1 aliphatic heterocycles. The first-order valence-corrected chi connectivity index (χ1v) is 9.22. The summed E-state index contributed by atoms with van der Waals surface area (Å²) in [5.74, 6) is -0.710. The molecule has 0 saturated carbocycles. The van der Waals surface area contributed by atoms with Crippen LogP contribution in [0.4, 0.5) is 23.7 Å². The summed E-state index contributed by atoms with van der Waals surface area (Å²) in [6, 6.07) is 2.19. The van der Waals surface area contributed by atoms with E-state index in [4.69, 9.17) is 21.1 Å². The van der Waals surface area contributed by atoms with E-state index in [0.717, 1.165) is 6.07 Å². The number of piperazine rings is 1. The van der Waals surface area contributed by atoms with Crippen LogP contribution in [0.5, 0.6) is 5.75 Å². The van der Waals surface area contributed by atoms with Crippen LogP contribution in [0.15, 0.2) is 22.8 Å². The fourth-order valence-corrected chi connectivity index (χ4v) is 3.34. The number of rotatable bonds is 3. The molecule has 1 fully saturated rings. The van der Waals surface area contributed by atoms with E-state index in [2.05, 4.69) is 4.18 Å². The lowest BCUT2D eigenvalue weighted by Gasteiger charge is -2.33. The van der Waals surface area contributed by atoms with Gasteiger partial charge in [0.2, 0.25) is 0 Å². The first kappa shape index (κ1) is 19.4. The molecule has 3 rings (SSSR count). The number of carbonyl (C=O) groups is 1. The second-order valence-electron chi connectivity index (χ2n) is 5.64. The molecular weight excluding hydrogens is 417 g/mol. The molecule has 13 heteroatoms. The highest BCUT2D eigenvalue weighted by molar-refractivity contribution is 7.88. The maximum atomic E-state index is 12.5. The Morgan fingerprint density at radius 3 is 2.41 bits per heavy atom. The van der Waals surface area contributed by atoms with Gasteiger partial charge < -0.3 is 23.5 Å². The zero-order valence-corrected chi connectivity index (χ0v) is 14.9. The van der Waals surface area contributed by atoms with Crippen LogP contribution in [0, 0.1) is 0 Å². The van der Waals surface area contributed by atoms with Gasteiger partial charge in [0.05, 0.1) is 10.7 Å². The summed E-state index contributed by atoms with van der Waals surface area (Å²) in [6.07, 6.45) is 0.307. The molecule has 1 saturated heterocycles. The number of anilines is 1. The molecular formula is C14H12ClF3N2O6S. The van der Waals surface area contributed by atoms with Crippen molar-refractivity contribution in [1.82, 2.24) is 4.90 Å². The minimum absolute atomic E-state index is 0.0717. The Labute approximate surface area is 155 Å². The van der Waals surface area contributed by atoms with Crippen molar-refractivity contribution in [3.8, 4) is 5.75 Å². The highest BCUT2D eigenvalue weighted by Gasteiger charge is 2.48. The number of benzene rings is 1. The molecule has 1 amide bonds. The molecule has 148 valence electrons. The Morgan fingerprint density at radius 1 is 1.22 bits per heavy atom. The minimum atomic E-state index is -5.87. The van der Waals surface area contributed by atoms with Gasteiger partial charge in [-0.1, -0.05) is 11.6 Å². The summed E-state index contributed by atoms with van der Waals surface area (Å²) in [6.45, 7) is 1.28.